The van der Waals surface area contributed by atoms with Crippen LogP contribution >= 0.6 is 0 Å². The summed E-state index contributed by atoms with van der Waals surface area (Å²) in [6.07, 6.45) is 8.28. The van der Waals surface area contributed by atoms with Crippen LogP contribution in [-0.4, -0.2) is 36.6 Å². The smallest absolute Gasteiger partial charge is 0.150 e. The van der Waals surface area contributed by atoms with Gasteiger partial charge < -0.3 is 20.3 Å². The summed E-state index contributed by atoms with van der Waals surface area (Å²) in [6.45, 7) is 13.2. The highest BCUT2D eigenvalue weighted by molar-refractivity contribution is 7.90. The summed E-state index contributed by atoms with van der Waals surface area (Å²) in [4.78, 5) is 2.88. The summed E-state index contributed by atoms with van der Waals surface area (Å²) >= 11 is 0. The third-order valence-electron chi connectivity index (χ3n) is 3.71. The average molecular weight is 375 g/mol. The van der Waals surface area contributed by atoms with E-state index < -0.39 is 11.0 Å². The fourth-order valence-corrected chi connectivity index (χ4v) is 3.57. The molecule has 1 aliphatic rings. The van der Waals surface area contributed by atoms with Gasteiger partial charge in [-0.2, -0.15) is 0 Å². The second kappa shape index (κ2) is 12.2. The number of rotatable bonds is 7. The van der Waals surface area contributed by atoms with Crippen LogP contribution in [0.4, 0.5) is 11.4 Å². The Morgan fingerprint density at radius 1 is 1.35 bits per heavy atom. The number of nitrogens with one attached hydrogen (secondary N) is 3. The predicted octanol–water partition coefficient (Wildman–Crippen LogP) is 3.84. The van der Waals surface area contributed by atoms with Crippen LogP contribution in [0.3, 0.4) is 0 Å². The van der Waals surface area contributed by atoms with Crippen molar-refractivity contribution in [1.29, 1.82) is 5.41 Å². The minimum absolute atomic E-state index is 0.635. The van der Waals surface area contributed by atoms with Crippen LogP contribution in [-0.2, 0) is 11.0 Å². The van der Waals surface area contributed by atoms with E-state index in [1.165, 1.54) is 6.21 Å². The number of piperazine rings is 1. The van der Waals surface area contributed by atoms with Gasteiger partial charge in [0.1, 0.15) is 11.0 Å². The molecule has 0 amide bonds. The van der Waals surface area contributed by atoms with E-state index in [0.717, 1.165) is 37.4 Å². The maximum Gasteiger partial charge on any atom is 0.150 e. The van der Waals surface area contributed by atoms with Crippen molar-refractivity contribution >= 4 is 28.6 Å². The maximum absolute atomic E-state index is 12.6. The maximum atomic E-state index is 12.6. The molecule has 1 fully saturated rings. The van der Waals surface area contributed by atoms with Gasteiger partial charge in [-0.25, -0.2) is 4.21 Å². The zero-order chi connectivity index (χ0) is 19.4. The van der Waals surface area contributed by atoms with Crippen LogP contribution < -0.4 is 14.9 Å². The van der Waals surface area contributed by atoms with Crippen molar-refractivity contribution in [1.82, 2.24) is 5.32 Å². The lowest BCUT2D eigenvalue weighted by molar-refractivity contribution is 0.589. The summed E-state index contributed by atoms with van der Waals surface area (Å²) in [7, 11) is -1.41. The lowest BCUT2D eigenvalue weighted by atomic mass is 10.1. The Morgan fingerprint density at radius 3 is 2.62 bits per heavy atom. The lowest BCUT2D eigenvalue weighted by Crippen LogP contribution is -2.43. The summed E-state index contributed by atoms with van der Waals surface area (Å²) in [5.41, 5.74) is 2.44. The second-order valence-electron chi connectivity index (χ2n) is 5.30. The van der Waals surface area contributed by atoms with Gasteiger partial charge in [-0.05, 0) is 31.2 Å². The quantitative estimate of drug-likeness (QED) is 0.502. The molecule has 0 saturated carbocycles. The molecule has 1 heterocycles. The number of hydrogen-bond donors (Lipinski definition) is 3. The van der Waals surface area contributed by atoms with Gasteiger partial charge in [0.2, 0.25) is 0 Å². The van der Waals surface area contributed by atoms with Crippen molar-refractivity contribution < 1.29 is 4.21 Å². The van der Waals surface area contributed by atoms with E-state index in [1.807, 2.05) is 45.0 Å². The first-order chi connectivity index (χ1) is 12.7. The molecule has 0 spiro atoms. The molecule has 2 rings (SSSR count). The Bertz CT molecular complexity index is 676. The number of allylic oxidation sites excluding steroid dienone is 4. The van der Waals surface area contributed by atoms with Gasteiger partial charge in [0.15, 0.2) is 0 Å². The summed E-state index contributed by atoms with van der Waals surface area (Å²) in [6, 6.07) is 5.79. The topological polar surface area (TPSA) is 68.2 Å². The molecule has 5 nitrogen and oxygen atoms in total. The molecule has 26 heavy (non-hydrogen) atoms. The zero-order valence-electron chi connectivity index (χ0n) is 15.9. The highest BCUT2D eigenvalue weighted by atomic mass is 32.2. The van der Waals surface area contributed by atoms with Crippen LogP contribution in [0.15, 0.2) is 54.0 Å². The fourth-order valence-electron chi connectivity index (χ4n) is 2.59. The molecule has 0 aliphatic carbocycles. The van der Waals surface area contributed by atoms with E-state index in [2.05, 4.69) is 21.5 Å². The summed E-state index contributed by atoms with van der Waals surface area (Å²) in [5.74, 6) is 0. The Balaban J connectivity index is 0.00000163. The second-order valence-corrected chi connectivity index (χ2v) is 6.51. The van der Waals surface area contributed by atoms with Crippen molar-refractivity contribution in [3.8, 4) is 0 Å². The first-order valence-corrected chi connectivity index (χ1v) is 10.1. The molecule has 1 atom stereocenters. The normalized spacial score (nSPS) is 15.8. The Hall–Kier alpha value is -2.18. The monoisotopic (exact) mass is 374 g/mol. The van der Waals surface area contributed by atoms with Crippen molar-refractivity contribution in [3.63, 3.8) is 0 Å². The van der Waals surface area contributed by atoms with Gasteiger partial charge in [0.05, 0.1) is 10.6 Å². The van der Waals surface area contributed by atoms with Crippen molar-refractivity contribution in [3.05, 3.63) is 59.6 Å². The molecule has 1 aromatic rings. The molecular formula is C20H30N4OS. The molecule has 0 aromatic heterocycles. The molecule has 0 bridgehead atoms. The highest BCUT2D eigenvalue weighted by Crippen LogP contribution is 2.27. The first kappa shape index (κ1) is 21.9. The van der Waals surface area contributed by atoms with Gasteiger partial charge in [-0.15, -0.1) is 0 Å². The van der Waals surface area contributed by atoms with E-state index in [9.17, 15) is 4.21 Å². The molecule has 3 N–H and O–H groups in total. The minimum Gasteiger partial charge on any atom is -0.368 e. The minimum atomic E-state index is -1.41. The number of anilines is 2. The molecule has 1 aliphatic heterocycles. The number of benzene rings is 1. The van der Waals surface area contributed by atoms with Crippen LogP contribution in [0.1, 0.15) is 26.3 Å². The largest absolute Gasteiger partial charge is 0.368 e. The highest BCUT2D eigenvalue weighted by Gasteiger charge is 2.16. The third-order valence-corrected chi connectivity index (χ3v) is 4.82. The summed E-state index contributed by atoms with van der Waals surface area (Å²) < 4.78 is 15.6. The van der Waals surface area contributed by atoms with Gasteiger partial charge in [-0.1, -0.05) is 38.6 Å². The van der Waals surface area contributed by atoms with Crippen molar-refractivity contribution in [2.24, 2.45) is 0 Å². The molecule has 1 aromatic carbocycles. The molecule has 142 valence electrons. The average Bonchev–Trinajstić information content (AvgIpc) is 2.69. The van der Waals surface area contributed by atoms with Crippen LogP contribution in [0.25, 0.3) is 0 Å². The molecule has 0 radical (unpaired) electrons. The van der Waals surface area contributed by atoms with Crippen LogP contribution in [0.2, 0.25) is 0 Å². The number of nitrogens with zero attached hydrogens (tertiary/aromatic N) is 1. The molecule has 1 unspecified atom stereocenters. The van der Waals surface area contributed by atoms with Gasteiger partial charge in [0.25, 0.3) is 0 Å². The van der Waals surface area contributed by atoms with Gasteiger partial charge in [-0.3, -0.25) is 0 Å². The predicted molar refractivity (Wildman–Crippen MR) is 116 cm³/mol. The number of hydrogen-bond acceptors (Lipinski definition) is 4. The molecular weight excluding hydrogens is 344 g/mol. The van der Waals surface area contributed by atoms with E-state index in [0.29, 0.717) is 10.6 Å². The van der Waals surface area contributed by atoms with Gasteiger partial charge >= 0.3 is 0 Å². The zero-order valence-corrected chi connectivity index (χ0v) is 16.7. The Kier molecular flexibility index (Phi) is 10.3. The standard InChI is InChI=1S/C18H24N4OS.C2H6/c1-3-6-15(7-4-2)24(23)21-17-8-5-9-18(16(17)14-19)22-12-10-20-11-13-22;1-2/h3-9,14,19-21H,1,10-13H2,2H3;1-2H3/b7-4-,15-6+,19-14?;. The SMILES string of the molecule is C=C/C=C(\C=C/C)S(=O)Nc1cccc(N2CCNCC2)c1C=N.CC. The van der Waals surface area contributed by atoms with E-state index in [1.54, 1.807) is 18.2 Å². The Morgan fingerprint density at radius 2 is 2.04 bits per heavy atom. The Labute approximate surface area is 160 Å². The van der Waals surface area contributed by atoms with Crippen LogP contribution in [0.5, 0.6) is 0 Å². The van der Waals surface area contributed by atoms with Crippen molar-refractivity contribution in [2.75, 3.05) is 35.8 Å². The van der Waals surface area contributed by atoms with E-state index >= 15 is 0 Å². The third kappa shape index (κ3) is 5.97. The fraction of sp³-hybridized carbons (Fsp3) is 0.350. The van der Waals surface area contributed by atoms with Crippen molar-refractivity contribution in [2.45, 2.75) is 20.8 Å². The lowest BCUT2D eigenvalue weighted by Gasteiger charge is -2.31. The first-order valence-electron chi connectivity index (χ1n) is 8.94. The molecule has 1 saturated heterocycles. The van der Waals surface area contributed by atoms with E-state index in [4.69, 9.17) is 5.41 Å². The molecule has 6 heteroatoms. The van der Waals surface area contributed by atoms with Crippen LogP contribution in [0, 0.1) is 5.41 Å². The van der Waals surface area contributed by atoms with E-state index in [-0.39, 0.29) is 0 Å². The summed E-state index contributed by atoms with van der Waals surface area (Å²) in [5, 5.41) is 11.1. The van der Waals surface area contributed by atoms with Gasteiger partial charge in [0, 0.05) is 43.6 Å².